The van der Waals surface area contributed by atoms with Crippen molar-refractivity contribution in [3.8, 4) is 0 Å². The van der Waals surface area contributed by atoms with Crippen molar-refractivity contribution in [3.63, 3.8) is 0 Å². The third-order valence-corrected chi connectivity index (χ3v) is 2.80. The Hall–Kier alpha value is -1.99. The number of hydrogen-bond donors (Lipinski definition) is 6. The molecule has 0 saturated carbocycles. The zero-order chi connectivity index (χ0) is 15.5. The molecule has 116 valence electrons. The lowest BCUT2D eigenvalue weighted by atomic mass is 10.1. The summed E-state index contributed by atoms with van der Waals surface area (Å²) >= 11 is 0. The van der Waals surface area contributed by atoms with E-state index in [2.05, 4.69) is 10.6 Å². The molecule has 0 bridgehead atoms. The van der Waals surface area contributed by atoms with Crippen molar-refractivity contribution < 1.29 is 4.79 Å². The van der Waals surface area contributed by atoms with Gasteiger partial charge >= 0.3 is 0 Å². The Morgan fingerprint density at radius 1 is 1.10 bits per heavy atom. The number of nitrogens with zero attached hydrogens (tertiary/aromatic N) is 1. The highest BCUT2D eigenvalue weighted by Crippen LogP contribution is 2.07. The van der Waals surface area contributed by atoms with Crippen molar-refractivity contribution in [2.45, 2.75) is 38.1 Å². The second kappa shape index (κ2) is 9.88. The molecule has 0 aliphatic heterocycles. The monoisotopic (exact) mass is 285 g/mol. The summed E-state index contributed by atoms with van der Waals surface area (Å²) in [6, 6.07) is -0.433. The molecule has 0 fully saturated rings. The Morgan fingerprint density at radius 2 is 1.70 bits per heavy atom. The number of hydrogen-bond acceptors (Lipinski definition) is 3. The minimum Gasteiger partial charge on any atom is -0.370 e. The fraction of sp³-hybridized carbons (Fsp3) is 0.750. The molecule has 8 N–H and O–H groups in total. The molecule has 0 rings (SSSR count). The van der Waals surface area contributed by atoms with Crippen molar-refractivity contribution in [2.75, 3.05) is 20.6 Å². The van der Waals surface area contributed by atoms with Gasteiger partial charge in [0.15, 0.2) is 11.9 Å². The Labute approximate surface area is 120 Å². The van der Waals surface area contributed by atoms with E-state index in [0.717, 1.165) is 25.7 Å². The highest BCUT2D eigenvalue weighted by Gasteiger charge is 2.19. The number of nitrogens with two attached hydrogens (primary N) is 2. The van der Waals surface area contributed by atoms with E-state index in [-0.39, 0.29) is 17.8 Å². The number of amides is 1. The maximum atomic E-state index is 11.9. The molecule has 0 saturated heterocycles. The molecule has 0 heterocycles. The van der Waals surface area contributed by atoms with Crippen LogP contribution in [0.5, 0.6) is 0 Å². The molecule has 0 aromatic heterocycles. The number of nitrogens with one attached hydrogen (secondary N) is 4. The fourth-order valence-electron chi connectivity index (χ4n) is 1.81. The number of likely N-dealkylation sites (N-methyl/N-ethyl adjacent to an activating group) is 1. The zero-order valence-corrected chi connectivity index (χ0v) is 12.3. The van der Waals surface area contributed by atoms with E-state index in [4.69, 9.17) is 22.3 Å². The topological polar surface area (TPSA) is 144 Å². The van der Waals surface area contributed by atoms with Crippen LogP contribution in [-0.4, -0.2) is 49.4 Å². The first-order valence-electron chi connectivity index (χ1n) is 6.74. The lowest BCUT2D eigenvalue weighted by molar-refractivity contribution is -0.130. The van der Waals surface area contributed by atoms with E-state index in [1.165, 1.54) is 4.90 Å². The molecular weight excluding hydrogens is 258 g/mol. The van der Waals surface area contributed by atoms with Gasteiger partial charge in [0.05, 0.1) is 0 Å². The van der Waals surface area contributed by atoms with Crippen LogP contribution >= 0.6 is 0 Å². The van der Waals surface area contributed by atoms with Crippen molar-refractivity contribution in [2.24, 2.45) is 11.5 Å². The van der Waals surface area contributed by atoms with Gasteiger partial charge in [0.25, 0.3) is 0 Å². The standard InChI is InChI=1S/C12H27N7O/c1-19(2)10(20)9(18-12(15)16)7-5-3-4-6-8-17-11(13)14/h9H,3-8H2,1-2H3,(H4,13,14,17)(H4,15,16,18). The molecule has 8 heteroatoms. The van der Waals surface area contributed by atoms with Crippen LogP contribution < -0.4 is 22.1 Å². The summed E-state index contributed by atoms with van der Waals surface area (Å²) in [4.78, 5) is 13.4. The van der Waals surface area contributed by atoms with Crippen molar-refractivity contribution >= 4 is 17.8 Å². The van der Waals surface area contributed by atoms with Crippen LogP contribution in [0.25, 0.3) is 0 Å². The van der Waals surface area contributed by atoms with Crippen molar-refractivity contribution in [3.05, 3.63) is 0 Å². The molecule has 0 aliphatic carbocycles. The van der Waals surface area contributed by atoms with Crippen LogP contribution in [0.3, 0.4) is 0 Å². The SMILES string of the molecule is CN(C)C(=O)C(CCCCCCNC(=N)N)NC(=N)N. The highest BCUT2D eigenvalue weighted by molar-refractivity contribution is 5.86. The predicted octanol–water partition coefficient (Wildman–Crippen LogP) is -0.640. The van der Waals surface area contributed by atoms with Crippen LogP contribution in [0.4, 0.5) is 0 Å². The van der Waals surface area contributed by atoms with Crippen LogP contribution in [0.1, 0.15) is 32.1 Å². The molecule has 1 unspecified atom stereocenters. The average Bonchev–Trinajstić information content (AvgIpc) is 2.34. The molecule has 0 radical (unpaired) electrons. The van der Waals surface area contributed by atoms with Gasteiger partial charge in [0.2, 0.25) is 5.91 Å². The second-order valence-corrected chi connectivity index (χ2v) is 4.89. The van der Waals surface area contributed by atoms with Crippen LogP contribution in [0, 0.1) is 10.8 Å². The smallest absolute Gasteiger partial charge is 0.244 e. The van der Waals surface area contributed by atoms with Gasteiger partial charge in [-0.25, -0.2) is 0 Å². The summed E-state index contributed by atoms with van der Waals surface area (Å²) in [5.74, 6) is -0.262. The van der Waals surface area contributed by atoms with E-state index >= 15 is 0 Å². The Bertz CT molecular complexity index is 330. The predicted molar refractivity (Wildman–Crippen MR) is 80.5 cm³/mol. The van der Waals surface area contributed by atoms with E-state index in [9.17, 15) is 4.79 Å². The van der Waals surface area contributed by atoms with E-state index in [1.54, 1.807) is 14.1 Å². The summed E-state index contributed by atoms with van der Waals surface area (Å²) in [6.07, 6.45) is 4.45. The number of guanidine groups is 2. The minimum absolute atomic E-state index is 0.00713. The van der Waals surface area contributed by atoms with Gasteiger partial charge in [-0.3, -0.25) is 15.6 Å². The van der Waals surface area contributed by atoms with Crippen LogP contribution in [-0.2, 0) is 4.79 Å². The number of unbranched alkanes of at least 4 members (excludes halogenated alkanes) is 3. The molecule has 8 nitrogen and oxygen atoms in total. The Kier molecular flexibility index (Phi) is 8.89. The summed E-state index contributed by atoms with van der Waals surface area (Å²) in [5, 5.41) is 19.7. The molecule has 1 atom stereocenters. The molecular formula is C12H27N7O. The zero-order valence-electron chi connectivity index (χ0n) is 12.3. The summed E-state index contributed by atoms with van der Waals surface area (Å²) in [6.45, 7) is 0.696. The molecule has 0 aromatic carbocycles. The van der Waals surface area contributed by atoms with Gasteiger partial charge in [0.1, 0.15) is 6.04 Å². The quantitative estimate of drug-likeness (QED) is 0.190. The first kappa shape index (κ1) is 18.0. The van der Waals surface area contributed by atoms with Gasteiger partial charge in [-0.2, -0.15) is 0 Å². The van der Waals surface area contributed by atoms with Crippen LogP contribution in [0.15, 0.2) is 0 Å². The number of carbonyl (C=O) groups is 1. The fourth-order valence-corrected chi connectivity index (χ4v) is 1.81. The van der Waals surface area contributed by atoms with Gasteiger partial charge in [-0.1, -0.05) is 19.3 Å². The van der Waals surface area contributed by atoms with Gasteiger partial charge < -0.3 is 27.0 Å². The largest absolute Gasteiger partial charge is 0.370 e. The molecule has 0 spiro atoms. The lowest BCUT2D eigenvalue weighted by Gasteiger charge is -2.21. The van der Waals surface area contributed by atoms with Gasteiger partial charge in [-0.05, 0) is 12.8 Å². The average molecular weight is 285 g/mol. The molecule has 1 amide bonds. The Morgan fingerprint density at radius 3 is 2.20 bits per heavy atom. The third kappa shape index (κ3) is 9.01. The number of carbonyl (C=O) groups excluding carboxylic acids is 1. The van der Waals surface area contributed by atoms with Gasteiger partial charge in [-0.15, -0.1) is 0 Å². The lowest BCUT2D eigenvalue weighted by Crippen LogP contribution is -2.48. The molecule has 0 aromatic rings. The molecule has 20 heavy (non-hydrogen) atoms. The molecule has 0 aliphatic rings. The second-order valence-electron chi connectivity index (χ2n) is 4.89. The summed E-state index contributed by atoms with van der Waals surface area (Å²) < 4.78 is 0. The van der Waals surface area contributed by atoms with E-state index in [0.29, 0.717) is 13.0 Å². The maximum Gasteiger partial charge on any atom is 0.244 e. The summed E-state index contributed by atoms with van der Waals surface area (Å²) in [5.41, 5.74) is 10.5. The van der Waals surface area contributed by atoms with Crippen molar-refractivity contribution in [1.29, 1.82) is 10.8 Å². The highest BCUT2D eigenvalue weighted by atomic mass is 16.2. The minimum atomic E-state index is -0.433. The van der Waals surface area contributed by atoms with Gasteiger partial charge in [0, 0.05) is 20.6 Å². The third-order valence-electron chi connectivity index (χ3n) is 2.80. The van der Waals surface area contributed by atoms with E-state index in [1.807, 2.05) is 0 Å². The maximum absolute atomic E-state index is 11.9. The summed E-state index contributed by atoms with van der Waals surface area (Å²) in [7, 11) is 3.37. The number of rotatable bonds is 9. The normalized spacial score (nSPS) is 11.5. The van der Waals surface area contributed by atoms with Crippen LogP contribution in [0.2, 0.25) is 0 Å². The first-order valence-corrected chi connectivity index (χ1v) is 6.74. The van der Waals surface area contributed by atoms with E-state index < -0.39 is 6.04 Å². The Balaban J connectivity index is 3.88. The first-order chi connectivity index (χ1) is 9.34. The van der Waals surface area contributed by atoms with Crippen molar-refractivity contribution in [1.82, 2.24) is 15.5 Å².